The van der Waals surface area contributed by atoms with Crippen LogP contribution in [0.4, 0.5) is 0 Å². The van der Waals surface area contributed by atoms with Crippen LogP contribution in [0.25, 0.3) is 0 Å². The number of hydrogen-bond donors (Lipinski definition) is 2. The molecule has 0 spiro atoms. The first kappa shape index (κ1) is 8.87. The van der Waals surface area contributed by atoms with Crippen molar-refractivity contribution in [2.24, 2.45) is 0 Å². The highest BCUT2D eigenvalue weighted by atomic mass is 16.5. The molecule has 1 fully saturated rings. The molecule has 2 aliphatic heterocycles. The van der Waals surface area contributed by atoms with Crippen molar-refractivity contribution in [3.8, 4) is 0 Å². The van der Waals surface area contributed by atoms with Crippen molar-refractivity contribution in [3.05, 3.63) is 32.6 Å². The third kappa shape index (κ3) is 1.18. The number of aromatic amines is 1. The van der Waals surface area contributed by atoms with Gasteiger partial charge in [0.1, 0.15) is 6.23 Å². The zero-order chi connectivity index (χ0) is 10.6. The Bertz CT molecular complexity index is 516. The number of aliphatic hydroxyl groups excluding tert-OH is 1. The Balaban J connectivity index is 2.22. The first-order valence-corrected chi connectivity index (χ1v) is 4.83. The van der Waals surface area contributed by atoms with Crippen molar-refractivity contribution < 1.29 is 9.84 Å². The molecular weight excluding hydrogens is 200 g/mol. The fourth-order valence-electron chi connectivity index (χ4n) is 2.29. The fourth-order valence-corrected chi connectivity index (χ4v) is 2.29. The van der Waals surface area contributed by atoms with Gasteiger partial charge in [-0.05, 0) is 0 Å². The number of aromatic nitrogens is 2. The number of fused-ring (bicyclic) bond motifs is 4. The zero-order valence-electron chi connectivity index (χ0n) is 7.84. The summed E-state index contributed by atoms with van der Waals surface area (Å²) in [4.78, 5) is 24.8. The molecule has 3 rings (SSSR count). The Kier molecular flexibility index (Phi) is 1.66. The largest absolute Gasteiger partial charge is 0.390 e. The van der Waals surface area contributed by atoms with Gasteiger partial charge in [-0.3, -0.25) is 14.3 Å². The number of nitrogens with one attached hydrogen (secondary N) is 1. The molecule has 80 valence electrons. The van der Waals surface area contributed by atoms with Crippen LogP contribution in [0.2, 0.25) is 0 Å². The van der Waals surface area contributed by atoms with Crippen LogP contribution in [0.3, 0.4) is 0 Å². The summed E-state index contributed by atoms with van der Waals surface area (Å²) in [5.41, 5.74) is -0.223. The van der Waals surface area contributed by atoms with Crippen LogP contribution in [-0.2, 0) is 11.2 Å². The van der Waals surface area contributed by atoms with Crippen molar-refractivity contribution in [2.75, 3.05) is 0 Å². The molecule has 15 heavy (non-hydrogen) atoms. The minimum absolute atomic E-state index is 0.281. The molecule has 2 aliphatic rings. The third-order valence-corrected chi connectivity index (χ3v) is 2.96. The number of rotatable bonds is 0. The summed E-state index contributed by atoms with van der Waals surface area (Å²) in [5, 5.41) is 9.60. The van der Waals surface area contributed by atoms with Gasteiger partial charge in [0.05, 0.1) is 12.2 Å². The molecule has 2 N–H and O–H groups in total. The molecule has 2 bridgehead atoms. The van der Waals surface area contributed by atoms with Crippen LogP contribution in [0.5, 0.6) is 0 Å². The fraction of sp³-hybridized carbons (Fsp3) is 0.556. The molecule has 6 nitrogen and oxygen atoms in total. The summed E-state index contributed by atoms with van der Waals surface area (Å²) >= 11 is 0. The van der Waals surface area contributed by atoms with Crippen molar-refractivity contribution in [2.45, 2.75) is 31.3 Å². The van der Waals surface area contributed by atoms with Crippen LogP contribution in [0.1, 0.15) is 18.3 Å². The highest BCUT2D eigenvalue weighted by Crippen LogP contribution is 2.34. The van der Waals surface area contributed by atoms with E-state index in [1.54, 1.807) is 0 Å². The Morgan fingerprint density at radius 3 is 3.13 bits per heavy atom. The van der Waals surface area contributed by atoms with Gasteiger partial charge in [0.2, 0.25) is 0 Å². The molecular formula is C9H10N2O4. The maximum absolute atomic E-state index is 11.5. The van der Waals surface area contributed by atoms with Gasteiger partial charge in [0.25, 0.3) is 5.56 Å². The van der Waals surface area contributed by atoms with Gasteiger partial charge < -0.3 is 9.84 Å². The lowest BCUT2D eigenvalue weighted by atomic mass is 10.1. The molecule has 1 saturated heterocycles. The quantitative estimate of drug-likeness (QED) is 0.560. The van der Waals surface area contributed by atoms with Gasteiger partial charge in [-0.15, -0.1) is 0 Å². The van der Waals surface area contributed by atoms with Crippen molar-refractivity contribution in [3.63, 3.8) is 0 Å². The minimum Gasteiger partial charge on any atom is -0.390 e. The lowest BCUT2D eigenvalue weighted by Crippen LogP contribution is -2.39. The molecule has 0 amide bonds. The molecule has 6 heteroatoms. The second kappa shape index (κ2) is 2.80. The van der Waals surface area contributed by atoms with Crippen LogP contribution < -0.4 is 11.2 Å². The summed E-state index contributed by atoms with van der Waals surface area (Å²) < 4.78 is 6.86. The first-order chi connectivity index (χ1) is 7.15. The van der Waals surface area contributed by atoms with Crippen LogP contribution in [0, 0.1) is 0 Å². The van der Waals surface area contributed by atoms with E-state index >= 15 is 0 Å². The van der Waals surface area contributed by atoms with E-state index in [2.05, 4.69) is 4.98 Å². The average molecular weight is 210 g/mol. The number of nitrogens with zero attached hydrogens (tertiary/aromatic N) is 1. The van der Waals surface area contributed by atoms with E-state index in [1.807, 2.05) is 0 Å². The number of aliphatic hydroxyl groups is 1. The minimum atomic E-state index is -0.551. The Morgan fingerprint density at radius 2 is 2.33 bits per heavy atom. The molecule has 3 atom stereocenters. The molecule has 1 aromatic rings. The topological polar surface area (TPSA) is 84.3 Å². The predicted octanol–water partition coefficient (Wildman–Crippen LogP) is -1.26. The average Bonchev–Trinajstić information content (AvgIpc) is 2.41. The molecule has 0 unspecified atom stereocenters. The molecule has 1 aromatic heterocycles. The lowest BCUT2D eigenvalue weighted by molar-refractivity contribution is -0.0401. The van der Waals surface area contributed by atoms with Crippen LogP contribution in [0.15, 0.2) is 15.7 Å². The highest BCUT2D eigenvalue weighted by Gasteiger charge is 2.40. The maximum atomic E-state index is 11.5. The van der Waals surface area contributed by atoms with E-state index in [0.29, 0.717) is 18.5 Å². The maximum Gasteiger partial charge on any atom is 0.330 e. The third-order valence-electron chi connectivity index (χ3n) is 2.96. The smallest absolute Gasteiger partial charge is 0.330 e. The second-order valence-corrected chi connectivity index (χ2v) is 3.94. The number of ether oxygens (including phenoxy) is 1. The lowest BCUT2D eigenvalue weighted by Gasteiger charge is -2.24. The molecule has 0 aromatic carbocycles. The monoisotopic (exact) mass is 210 g/mol. The standard InChI is InChI=1S/C9H10N2O4/c12-5-3-8-11-4(1-6(5)15-8)2-7(13)10-9(11)14/h2,5-6,8,12H,1,3H2,(H,10,13,14)/t5-,6+,8+/m0/s1. The SMILES string of the molecule is O=c1cc2n(c(=O)[nH]1)[C@H]1C[C@H](O)[C@@H](C2)O1. The molecule has 0 saturated carbocycles. The van der Waals surface area contributed by atoms with Crippen molar-refractivity contribution in [1.29, 1.82) is 0 Å². The van der Waals surface area contributed by atoms with Crippen molar-refractivity contribution in [1.82, 2.24) is 9.55 Å². The van der Waals surface area contributed by atoms with E-state index in [1.165, 1.54) is 10.6 Å². The molecule has 0 aliphatic carbocycles. The molecule has 0 radical (unpaired) electrons. The van der Waals surface area contributed by atoms with Gasteiger partial charge in [0.15, 0.2) is 0 Å². The first-order valence-electron chi connectivity index (χ1n) is 4.83. The summed E-state index contributed by atoms with van der Waals surface area (Å²) in [7, 11) is 0. The summed E-state index contributed by atoms with van der Waals surface area (Å²) in [6, 6.07) is 1.39. The van der Waals surface area contributed by atoms with E-state index in [0.717, 1.165) is 0 Å². The summed E-state index contributed by atoms with van der Waals surface area (Å²) in [6.45, 7) is 0. The van der Waals surface area contributed by atoms with Crippen molar-refractivity contribution >= 4 is 0 Å². The summed E-state index contributed by atoms with van der Waals surface area (Å²) in [6.07, 6.45) is -0.445. The van der Waals surface area contributed by atoms with Gasteiger partial charge in [-0.1, -0.05) is 0 Å². The van der Waals surface area contributed by atoms with E-state index in [9.17, 15) is 14.7 Å². The van der Waals surface area contributed by atoms with Gasteiger partial charge in [0, 0.05) is 24.6 Å². The van der Waals surface area contributed by atoms with Gasteiger partial charge in [-0.2, -0.15) is 0 Å². The Morgan fingerprint density at radius 1 is 1.53 bits per heavy atom. The van der Waals surface area contributed by atoms with E-state index in [4.69, 9.17) is 4.74 Å². The number of H-pyrrole nitrogens is 1. The second-order valence-electron chi connectivity index (χ2n) is 3.94. The Hall–Kier alpha value is -1.40. The predicted molar refractivity (Wildman–Crippen MR) is 49.6 cm³/mol. The van der Waals surface area contributed by atoms with Crippen LogP contribution >= 0.6 is 0 Å². The zero-order valence-corrected chi connectivity index (χ0v) is 7.84. The highest BCUT2D eigenvalue weighted by molar-refractivity contribution is 5.09. The van der Waals surface area contributed by atoms with Crippen LogP contribution in [-0.4, -0.2) is 26.9 Å². The van der Waals surface area contributed by atoms with Gasteiger partial charge >= 0.3 is 5.69 Å². The van der Waals surface area contributed by atoms with E-state index in [-0.39, 0.29) is 6.10 Å². The van der Waals surface area contributed by atoms with E-state index < -0.39 is 23.6 Å². The Labute approximate surface area is 84.1 Å². The van der Waals surface area contributed by atoms with Gasteiger partial charge in [-0.25, -0.2) is 4.79 Å². The summed E-state index contributed by atoms with van der Waals surface area (Å²) in [5.74, 6) is 0. The normalized spacial score (nSPS) is 32.7. The molecule has 3 heterocycles. The number of hydrogen-bond acceptors (Lipinski definition) is 4.